The molecular formula is C17H36N2. The molecule has 0 amide bonds. The summed E-state index contributed by atoms with van der Waals surface area (Å²) in [6, 6.07) is 0.593. The largest absolute Gasteiger partial charge is 0.314 e. The van der Waals surface area contributed by atoms with E-state index in [4.69, 9.17) is 0 Å². The molecular weight excluding hydrogens is 232 g/mol. The highest BCUT2D eigenvalue weighted by molar-refractivity contribution is 4.87. The zero-order chi connectivity index (χ0) is 14.5. The molecule has 0 unspecified atom stereocenters. The zero-order valence-electron chi connectivity index (χ0n) is 14.2. The van der Waals surface area contributed by atoms with E-state index in [0.717, 1.165) is 6.54 Å². The fourth-order valence-corrected chi connectivity index (χ4v) is 3.35. The Hall–Kier alpha value is -0.0800. The molecule has 1 rings (SSSR count). The Kier molecular flexibility index (Phi) is 6.32. The molecule has 0 aromatic carbocycles. The fraction of sp³-hybridized carbons (Fsp3) is 1.00. The number of rotatable bonds is 7. The van der Waals surface area contributed by atoms with Crippen LogP contribution >= 0.6 is 0 Å². The second kappa shape index (κ2) is 7.08. The van der Waals surface area contributed by atoms with Crippen molar-refractivity contribution in [1.82, 2.24) is 10.2 Å². The van der Waals surface area contributed by atoms with Crippen LogP contribution in [0.1, 0.15) is 67.2 Å². The lowest BCUT2D eigenvalue weighted by Crippen LogP contribution is -2.49. The Morgan fingerprint density at radius 1 is 1.21 bits per heavy atom. The number of likely N-dealkylation sites (tertiary alicyclic amines) is 1. The first-order chi connectivity index (χ1) is 8.82. The van der Waals surface area contributed by atoms with Crippen molar-refractivity contribution < 1.29 is 0 Å². The minimum Gasteiger partial charge on any atom is -0.314 e. The van der Waals surface area contributed by atoms with Gasteiger partial charge in [-0.15, -0.1) is 0 Å². The van der Waals surface area contributed by atoms with Crippen LogP contribution in [-0.2, 0) is 0 Å². The Labute approximate surface area is 121 Å². The van der Waals surface area contributed by atoms with E-state index in [1.807, 2.05) is 0 Å². The molecule has 1 heterocycles. The molecule has 0 radical (unpaired) electrons. The van der Waals surface area contributed by atoms with Crippen molar-refractivity contribution in [3.63, 3.8) is 0 Å². The van der Waals surface area contributed by atoms with Crippen molar-refractivity contribution in [2.45, 2.75) is 73.3 Å². The number of hydrogen-bond acceptors (Lipinski definition) is 2. The van der Waals surface area contributed by atoms with E-state index in [1.54, 1.807) is 0 Å². The summed E-state index contributed by atoms with van der Waals surface area (Å²) in [5.74, 6) is 0. The number of piperidine rings is 1. The molecule has 19 heavy (non-hydrogen) atoms. The summed E-state index contributed by atoms with van der Waals surface area (Å²) in [5.41, 5.74) is 0.967. The quantitative estimate of drug-likeness (QED) is 0.753. The number of nitrogens with one attached hydrogen (secondary N) is 1. The van der Waals surface area contributed by atoms with E-state index in [9.17, 15) is 0 Å². The van der Waals surface area contributed by atoms with Gasteiger partial charge in [0, 0.05) is 25.7 Å². The van der Waals surface area contributed by atoms with Gasteiger partial charge in [0.05, 0.1) is 0 Å². The van der Waals surface area contributed by atoms with Crippen LogP contribution in [0.25, 0.3) is 0 Å². The van der Waals surface area contributed by atoms with Crippen LogP contribution in [-0.4, -0.2) is 37.1 Å². The van der Waals surface area contributed by atoms with Crippen LogP contribution in [0, 0.1) is 10.8 Å². The molecule has 0 aliphatic carbocycles. The molecule has 1 saturated heterocycles. The SMILES string of the molecule is CCC(CC)(CNC(C)C)CN1CCCC(C)(C)C1. The predicted octanol–water partition coefficient (Wildman–Crippen LogP) is 3.91. The zero-order valence-corrected chi connectivity index (χ0v) is 14.2. The summed E-state index contributed by atoms with van der Waals surface area (Å²) in [6.07, 6.45) is 5.31. The van der Waals surface area contributed by atoms with Gasteiger partial charge in [-0.05, 0) is 43.1 Å². The summed E-state index contributed by atoms with van der Waals surface area (Å²) in [5, 5.41) is 3.67. The van der Waals surface area contributed by atoms with Crippen molar-refractivity contribution in [2.24, 2.45) is 10.8 Å². The van der Waals surface area contributed by atoms with Gasteiger partial charge in [0.2, 0.25) is 0 Å². The van der Waals surface area contributed by atoms with E-state index < -0.39 is 0 Å². The normalized spacial score (nSPS) is 21.0. The third-order valence-corrected chi connectivity index (χ3v) is 4.92. The lowest BCUT2D eigenvalue weighted by molar-refractivity contribution is 0.0626. The maximum atomic E-state index is 3.67. The van der Waals surface area contributed by atoms with Crippen molar-refractivity contribution in [2.75, 3.05) is 26.2 Å². The topological polar surface area (TPSA) is 15.3 Å². The van der Waals surface area contributed by atoms with Gasteiger partial charge in [-0.3, -0.25) is 0 Å². The average molecular weight is 268 g/mol. The van der Waals surface area contributed by atoms with Gasteiger partial charge in [0.15, 0.2) is 0 Å². The summed E-state index contributed by atoms with van der Waals surface area (Å²) in [4.78, 5) is 2.72. The van der Waals surface area contributed by atoms with E-state index in [0.29, 0.717) is 16.9 Å². The van der Waals surface area contributed by atoms with Gasteiger partial charge in [0.1, 0.15) is 0 Å². The molecule has 114 valence electrons. The van der Waals surface area contributed by atoms with Crippen molar-refractivity contribution in [3.8, 4) is 0 Å². The molecule has 1 aliphatic heterocycles. The minimum atomic E-state index is 0.456. The van der Waals surface area contributed by atoms with Gasteiger partial charge in [-0.1, -0.05) is 41.5 Å². The van der Waals surface area contributed by atoms with Gasteiger partial charge in [-0.25, -0.2) is 0 Å². The van der Waals surface area contributed by atoms with Crippen molar-refractivity contribution in [3.05, 3.63) is 0 Å². The highest BCUT2D eigenvalue weighted by atomic mass is 15.1. The molecule has 0 saturated carbocycles. The van der Waals surface area contributed by atoms with E-state index >= 15 is 0 Å². The Balaban J connectivity index is 2.61. The van der Waals surface area contributed by atoms with Gasteiger partial charge in [0.25, 0.3) is 0 Å². The van der Waals surface area contributed by atoms with Crippen LogP contribution < -0.4 is 5.32 Å². The second-order valence-electron chi connectivity index (χ2n) is 7.72. The standard InChI is InChI=1S/C17H36N2/c1-7-17(8-2,12-18-15(3)4)14-19-11-9-10-16(5,6)13-19/h15,18H,7-14H2,1-6H3. The Morgan fingerprint density at radius 2 is 1.84 bits per heavy atom. The summed E-state index contributed by atoms with van der Waals surface area (Å²) in [7, 11) is 0. The Bertz CT molecular complexity index is 254. The smallest absolute Gasteiger partial charge is 0.00502 e. The predicted molar refractivity (Wildman–Crippen MR) is 85.6 cm³/mol. The molecule has 0 aromatic rings. The molecule has 2 heteroatoms. The van der Waals surface area contributed by atoms with Crippen LogP contribution in [0.5, 0.6) is 0 Å². The highest BCUT2D eigenvalue weighted by Crippen LogP contribution is 2.33. The van der Waals surface area contributed by atoms with E-state index in [2.05, 4.69) is 51.8 Å². The first kappa shape index (κ1) is 17.0. The van der Waals surface area contributed by atoms with Gasteiger partial charge >= 0.3 is 0 Å². The minimum absolute atomic E-state index is 0.456. The lowest BCUT2D eigenvalue weighted by atomic mass is 9.78. The maximum absolute atomic E-state index is 3.67. The molecule has 2 nitrogen and oxygen atoms in total. The Morgan fingerprint density at radius 3 is 2.32 bits per heavy atom. The van der Waals surface area contributed by atoms with Gasteiger partial charge in [-0.2, -0.15) is 0 Å². The van der Waals surface area contributed by atoms with E-state index in [-0.39, 0.29) is 0 Å². The molecule has 1 aliphatic rings. The third kappa shape index (κ3) is 5.43. The van der Waals surface area contributed by atoms with Crippen molar-refractivity contribution in [1.29, 1.82) is 0 Å². The van der Waals surface area contributed by atoms with Crippen LogP contribution in [0.15, 0.2) is 0 Å². The lowest BCUT2D eigenvalue weighted by Gasteiger charge is -2.44. The third-order valence-electron chi connectivity index (χ3n) is 4.92. The molecule has 1 fully saturated rings. The highest BCUT2D eigenvalue weighted by Gasteiger charge is 2.33. The van der Waals surface area contributed by atoms with Crippen molar-refractivity contribution >= 4 is 0 Å². The summed E-state index contributed by atoms with van der Waals surface area (Å²) >= 11 is 0. The summed E-state index contributed by atoms with van der Waals surface area (Å²) < 4.78 is 0. The first-order valence-electron chi connectivity index (χ1n) is 8.28. The summed E-state index contributed by atoms with van der Waals surface area (Å²) in [6.45, 7) is 19.1. The molecule has 0 atom stereocenters. The molecule has 0 spiro atoms. The number of nitrogens with zero attached hydrogens (tertiary/aromatic N) is 1. The number of hydrogen-bond donors (Lipinski definition) is 1. The fourth-order valence-electron chi connectivity index (χ4n) is 3.35. The van der Waals surface area contributed by atoms with E-state index in [1.165, 1.54) is 45.3 Å². The average Bonchev–Trinajstić information content (AvgIpc) is 2.33. The van der Waals surface area contributed by atoms with Crippen LogP contribution in [0.4, 0.5) is 0 Å². The van der Waals surface area contributed by atoms with Crippen LogP contribution in [0.3, 0.4) is 0 Å². The molecule has 0 aromatic heterocycles. The van der Waals surface area contributed by atoms with Crippen LogP contribution in [0.2, 0.25) is 0 Å². The first-order valence-corrected chi connectivity index (χ1v) is 8.28. The molecule has 1 N–H and O–H groups in total. The monoisotopic (exact) mass is 268 g/mol. The maximum Gasteiger partial charge on any atom is 0.00502 e. The second-order valence-corrected chi connectivity index (χ2v) is 7.72. The molecule has 0 bridgehead atoms. The van der Waals surface area contributed by atoms with Gasteiger partial charge < -0.3 is 10.2 Å².